The molecule has 20 heavy (non-hydrogen) atoms. The van der Waals surface area contributed by atoms with Crippen molar-refractivity contribution in [2.45, 2.75) is 19.4 Å². The molecule has 1 aromatic rings. The van der Waals surface area contributed by atoms with Gasteiger partial charge in [0.05, 0.1) is 20.3 Å². The maximum atomic E-state index is 5.35. The molecular weight excluding hydrogens is 252 g/mol. The van der Waals surface area contributed by atoms with Crippen LogP contribution in [0, 0.1) is 0 Å². The first-order valence-electron chi connectivity index (χ1n) is 7.47. The smallest absolute Gasteiger partial charge is 0.119 e. The summed E-state index contributed by atoms with van der Waals surface area (Å²) in [7, 11) is 1.71. The molecule has 1 heterocycles. The minimum Gasteiger partial charge on any atom is -0.497 e. The van der Waals surface area contributed by atoms with Crippen LogP contribution < -0.4 is 10.1 Å². The van der Waals surface area contributed by atoms with Gasteiger partial charge in [-0.3, -0.25) is 4.90 Å². The molecule has 0 aliphatic carbocycles. The third kappa shape index (κ3) is 4.78. The van der Waals surface area contributed by atoms with E-state index in [2.05, 4.69) is 29.3 Å². The van der Waals surface area contributed by atoms with Crippen LogP contribution in [0.1, 0.15) is 24.9 Å². The number of hydrogen-bond acceptors (Lipinski definition) is 4. The Hall–Kier alpha value is -1.10. The summed E-state index contributed by atoms with van der Waals surface area (Å²) >= 11 is 0. The van der Waals surface area contributed by atoms with Crippen LogP contribution in [0.3, 0.4) is 0 Å². The van der Waals surface area contributed by atoms with E-state index in [1.165, 1.54) is 12.0 Å². The monoisotopic (exact) mass is 278 g/mol. The van der Waals surface area contributed by atoms with Crippen molar-refractivity contribution in [3.05, 3.63) is 29.8 Å². The minimum absolute atomic E-state index is 0.356. The summed E-state index contributed by atoms with van der Waals surface area (Å²) in [5.41, 5.74) is 1.27. The van der Waals surface area contributed by atoms with Gasteiger partial charge in [-0.15, -0.1) is 0 Å². The Bertz CT molecular complexity index is 392. The summed E-state index contributed by atoms with van der Waals surface area (Å²) in [6.45, 7) is 8.30. The van der Waals surface area contributed by atoms with Crippen LogP contribution in [-0.2, 0) is 4.74 Å². The van der Waals surface area contributed by atoms with Gasteiger partial charge in [0.2, 0.25) is 0 Å². The SMILES string of the molecule is COc1cccc(C(C)NCCCN2CCOCC2)c1. The van der Waals surface area contributed by atoms with E-state index >= 15 is 0 Å². The van der Waals surface area contributed by atoms with Crippen LogP contribution in [0.15, 0.2) is 24.3 Å². The summed E-state index contributed by atoms with van der Waals surface area (Å²) in [5, 5.41) is 3.58. The van der Waals surface area contributed by atoms with E-state index in [-0.39, 0.29) is 0 Å². The standard InChI is InChI=1S/C16H26N2O2/c1-14(15-5-3-6-16(13-15)19-2)17-7-4-8-18-9-11-20-12-10-18/h3,5-6,13-14,17H,4,7-12H2,1-2H3. The molecule has 0 radical (unpaired) electrons. The summed E-state index contributed by atoms with van der Waals surface area (Å²) in [4.78, 5) is 2.47. The van der Waals surface area contributed by atoms with Crippen LogP contribution in [0.25, 0.3) is 0 Å². The lowest BCUT2D eigenvalue weighted by atomic mass is 10.1. The fraction of sp³-hybridized carbons (Fsp3) is 0.625. The largest absolute Gasteiger partial charge is 0.497 e. The Morgan fingerprint density at radius 1 is 1.35 bits per heavy atom. The normalized spacial score (nSPS) is 17.9. The second kappa shape index (κ2) is 8.25. The second-order valence-corrected chi connectivity index (χ2v) is 5.26. The summed E-state index contributed by atoms with van der Waals surface area (Å²) < 4.78 is 10.6. The Kier molecular flexibility index (Phi) is 6.30. The van der Waals surface area contributed by atoms with Gasteiger partial charge in [-0.2, -0.15) is 0 Å². The third-order valence-electron chi connectivity index (χ3n) is 3.80. The fourth-order valence-corrected chi connectivity index (χ4v) is 2.47. The second-order valence-electron chi connectivity index (χ2n) is 5.26. The van der Waals surface area contributed by atoms with Gasteiger partial charge in [-0.25, -0.2) is 0 Å². The molecule has 1 atom stereocenters. The molecule has 1 aromatic carbocycles. The van der Waals surface area contributed by atoms with Crippen LogP contribution in [0.2, 0.25) is 0 Å². The molecule has 0 bridgehead atoms. The zero-order chi connectivity index (χ0) is 14.2. The lowest BCUT2D eigenvalue weighted by molar-refractivity contribution is 0.0374. The zero-order valence-corrected chi connectivity index (χ0v) is 12.6. The molecule has 1 aliphatic heterocycles. The number of rotatable bonds is 7. The van der Waals surface area contributed by atoms with E-state index in [1.807, 2.05) is 12.1 Å². The highest BCUT2D eigenvalue weighted by Crippen LogP contribution is 2.18. The number of methoxy groups -OCH3 is 1. The van der Waals surface area contributed by atoms with Gasteiger partial charge in [-0.1, -0.05) is 12.1 Å². The van der Waals surface area contributed by atoms with Gasteiger partial charge < -0.3 is 14.8 Å². The Balaban J connectivity index is 1.67. The number of nitrogens with one attached hydrogen (secondary N) is 1. The van der Waals surface area contributed by atoms with Crippen molar-refractivity contribution >= 4 is 0 Å². The van der Waals surface area contributed by atoms with E-state index in [9.17, 15) is 0 Å². The van der Waals surface area contributed by atoms with E-state index < -0.39 is 0 Å². The Labute approximate surface area is 122 Å². The molecule has 0 aromatic heterocycles. The number of hydrogen-bond donors (Lipinski definition) is 1. The quantitative estimate of drug-likeness (QED) is 0.774. The average molecular weight is 278 g/mol. The molecule has 4 nitrogen and oxygen atoms in total. The van der Waals surface area contributed by atoms with E-state index in [4.69, 9.17) is 9.47 Å². The van der Waals surface area contributed by atoms with Crippen molar-refractivity contribution in [2.75, 3.05) is 46.5 Å². The molecular formula is C16H26N2O2. The molecule has 2 rings (SSSR count). The molecule has 1 fully saturated rings. The topological polar surface area (TPSA) is 33.7 Å². The van der Waals surface area contributed by atoms with Crippen LogP contribution in [-0.4, -0.2) is 51.4 Å². The highest BCUT2D eigenvalue weighted by molar-refractivity contribution is 5.30. The third-order valence-corrected chi connectivity index (χ3v) is 3.80. The van der Waals surface area contributed by atoms with Gasteiger partial charge in [-0.05, 0) is 44.1 Å². The predicted molar refractivity (Wildman–Crippen MR) is 81.3 cm³/mol. The van der Waals surface area contributed by atoms with Crippen LogP contribution >= 0.6 is 0 Å². The zero-order valence-electron chi connectivity index (χ0n) is 12.6. The van der Waals surface area contributed by atoms with Gasteiger partial charge in [0.15, 0.2) is 0 Å². The minimum atomic E-state index is 0.356. The molecule has 1 aliphatic rings. The van der Waals surface area contributed by atoms with E-state index in [1.54, 1.807) is 7.11 Å². The number of nitrogens with zero attached hydrogens (tertiary/aromatic N) is 1. The van der Waals surface area contributed by atoms with Crippen molar-refractivity contribution in [3.63, 3.8) is 0 Å². The first-order valence-corrected chi connectivity index (χ1v) is 7.47. The molecule has 0 amide bonds. The highest BCUT2D eigenvalue weighted by atomic mass is 16.5. The van der Waals surface area contributed by atoms with E-state index in [0.717, 1.165) is 45.1 Å². The Morgan fingerprint density at radius 3 is 2.90 bits per heavy atom. The molecule has 112 valence electrons. The molecule has 4 heteroatoms. The van der Waals surface area contributed by atoms with Gasteiger partial charge in [0, 0.05) is 19.1 Å². The number of benzene rings is 1. The maximum Gasteiger partial charge on any atom is 0.119 e. The molecule has 0 saturated carbocycles. The first-order chi connectivity index (χ1) is 9.79. The molecule has 0 spiro atoms. The summed E-state index contributed by atoms with van der Waals surface area (Å²) in [6, 6.07) is 8.62. The molecule has 1 unspecified atom stereocenters. The molecule has 1 saturated heterocycles. The fourth-order valence-electron chi connectivity index (χ4n) is 2.47. The van der Waals surface area contributed by atoms with Crippen molar-refractivity contribution in [1.82, 2.24) is 10.2 Å². The predicted octanol–water partition coefficient (Wildman–Crippen LogP) is 2.07. The average Bonchev–Trinajstić information content (AvgIpc) is 2.52. The van der Waals surface area contributed by atoms with Gasteiger partial charge >= 0.3 is 0 Å². The van der Waals surface area contributed by atoms with Crippen LogP contribution in [0.4, 0.5) is 0 Å². The van der Waals surface area contributed by atoms with Crippen LogP contribution in [0.5, 0.6) is 5.75 Å². The van der Waals surface area contributed by atoms with Gasteiger partial charge in [0.1, 0.15) is 5.75 Å². The molecule has 1 N–H and O–H groups in total. The van der Waals surface area contributed by atoms with E-state index in [0.29, 0.717) is 6.04 Å². The number of morpholine rings is 1. The maximum absolute atomic E-state index is 5.35. The van der Waals surface area contributed by atoms with Gasteiger partial charge in [0.25, 0.3) is 0 Å². The van der Waals surface area contributed by atoms with Crippen molar-refractivity contribution in [3.8, 4) is 5.75 Å². The van der Waals surface area contributed by atoms with Crippen molar-refractivity contribution in [2.24, 2.45) is 0 Å². The lowest BCUT2D eigenvalue weighted by Gasteiger charge is -2.26. The summed E-state index contributed by atoms with van der Waals surface area (Å²) in [5.74, 6) is 0.921. The first kappa shape index (κ1) is 15.3. The summed E-state index contributed by atoms with van der Waals surface area (Å²) in [6.07, 6.45) is 1.17. The highest BCUT2D eigenvalue weighted by Gasteiger charge is 2.10. The van der Waals surface area contributed by atoms with Crippen molar-refractivity contribution < 1.29 is 9.47 Å². The lowest BCUT2D eigenvalue weighted by Crippen LogP contribution is -2.37. The Morgan fingerprint density at radius 2 is 2.15 bits per heavy atom. The number of ether oxygens (including phenoxy) is 2. The van der Waals surface area contributed by atoms with Crippen molar-refractivity contribution in [1.29, 1.82) is 0 Å².